The molecule has 106 valence electrons. The van der Waals surface area contributed by atoms with E-state index in [1.807, 2.05) is 24.3 Å². The third kappa shape index (κ3) is 2.15. The predicted molar refractivity (Wildman–Crippen MR) is 81.0 cm³/mol. The molecule has 1 aliphatic carbocycles. The van der Waals surface area contributed by atoms with Gasteiger partial charge in [0.2, 0.25) is 0 Å². The predicted octanol–water partition coefficient (Wildman–Crippen LogP) is 3.60. The average Bonchev–Trinajstić information content (AvgIpc) is 3.22. The zero-order valence-corrected chi connectivity index (χ0v) is 12.3. The van der Waals surface area contributed by atoms with Gasteiger partial charge in [-0.2, -0.15) is 0 Å². The lowest BCUT2D eigenvalue weighted by Crippen LogP contribution is -2.06. The number of anilines is 1. The minimum Gasteiger partial charge on any atom is -0.497 e. The Kier molecular flexibility index (Phi) is 3.16. The molecule has 20 heavy (non-hydrogen) atoms. The average molecular weight is 271 g/mol. The highest BCUT2D eigenvalue weighted by molar-refractivity contribution is 5.72. The number of imidazole rings is 1. The van der Waals surface area contributed by atoms with Gasteiger partial charge >= 0.3 is 0 Å². The van der Waals surface area contributed by atoms with Crippen LogP contribution in [0.1, 0.15) is 44.5 Å². The normalized spacial score (nSPS) is 14.8. The van der Waals surface area contributed by atoms with Crippen molar-refractivity contribution in [2.75, 3.05) is 12.8 Å². The Bertz CT molecular complexity index is 627. The fourth-order valence-corrected chi connectivity index (χ4v) is 2.57. The summed E-state index contributed by atoms with van der Waals surface area (Å²) in [7, 11) is 1.67. The van der Waals surface area contributed by atoms with Crippen LogP contribution in [0, 0.1) is 0 Å². The molecule has 1 aliphatic rings. The molecule has 1 aromatic heterocycles. The van der Waals surface area contributed by atoms with E-state index in [9.17, 15) is 0 Å². The van der Waals surface area contributed by atoms with E-state index in [0.29, 0.717) is 12.0 Å². The topological polar surface area (TPSA) is 53.1 Å². The van der Waals surface area contributed by atoms with Gasteiger partial charge in [-0.1, -0.05) is 26.0 Å². The van der Waals surface area contributed by atoms with Gasteiger partial charge in [-0.05, 0) is 25.0 Å². The zero-order valence-electron chi connectivity index (χ0n) is 12.3. The first-order valence-corrected chi connectivity index (χ1v) is 7.13. The molecule has 0 spiro atoms. The Labute approximate surface area is 119 Å². The molecule has 0 saturated heterocycles. The summed E-state index contributed by atoms with van der Waals surface area (Å²) in [5, 5.41) is 0. The van der Waals surface area contributed by atoms with Crippen molar-refractivity contribution in [1.82, 2.24) is 9.55 Å². The number of methoxy groups -OCH3 is 1. The molecule has 0 atom stereocenters. The SMILES string of the molecule is COc1cccc(-c2nc(C(C)C)n(C3CC3)c2N)c1. The van der Waals surface area contributed by atoms with E-state index >= 15 is 0 Å². The monoisotopic (exact) mass is 271 g/mol. The second kappa shape index (κ2) is 4.85. The zero-order chi connectivity index (χ0) is 14.3. The van der Waals surface area contributed by atoms with Gasteiger partial charge in [0.05, 0.1) is 7.11 Å². The van der Waals surface area contributed by atoms with E-state index in [1.54, 1.807) is 7.11 Å². The van der Waals surface area contributed by atoms with Crippen LogP contribution < -0.4 is 10.5 Å². The van der Waals surface area contributed by atoms with Crippen LogP contribution in [0.4, 0.5) is 5.82 Å². The summed E-state index contributed by atoms with van der Waals surface area (Å²) < 4.78 is 7.51. The molecular weight excluding hydrogens is 250 g/mol. The van der Waals surface area contributed by atoms with E-state index in [2.05, 4.69) is 18.4 Å². The van der Waals surface area contributed by atoms with Crippen molar-refractivity contribution in [2.24, 2.45) is 0 Å². The van der Waals surface area contributed by atoms with Crippen LogP contribution in [0.3, 0.4) is 0 Å². The highest BCUT2D eigenvalue weighted by atomic mass is 16.5. The van der Waals surface area contributed by atoms with E-state index in [-0.39, 0.29) is 0 Å². The van der Waals surface area contributed by atoms with Gasteiger partial charge in [0, 0.05) is 17.5 Å². The molecule has 2 N–H and O–H groups in total. The summed E-state index contributed by atoms with van der Waals surface area (Å²) >= 11 is 0. The Hall–Kier alpha value is -1.97. The lowest BCUT2D eigenvalue weighted by atomic mass is 10.1. The molecule has 0 aliphatic heterocycles. The van der Waals surface area contributed by atoms with Gasteiger partial charge in [-0.25, -0.2) is 4.98 Å². The lowest BCUT2D eigenvalue weighted by Gasteiger charge is -2.10. The van der Waals surface area contributed by atoms with E-state index in [4.69, 9.17) is 15.5 Å². The number of hydrogen-bond donors (Lipinski definition) is 1. The second-order valence-corrected chi connectivity index (χ2v) is 5.69. The van der Waals surface area contributed by atoms with Crippen LogP contribution in [-0.2, 0) is 0 Å². The third-order valence-electron chi connectivity index (χ3n) is 3.75. The molecule has 4 heteroatoms. The van der Waals surface area contributed by atoms with Gasteiger partial charge in [0.25, 0.3) is 0 Å². The molecule has 3 rings (SSSR count). The highest BCUT2D eigenvalue weighted by Crippen LogP contribution is 2.42. The third-order valence-corrected chi connectivity index (χ3v) is 3.75. The van der Waals surface area contributed by atoms with Crippen molar-refractivity contribution in [2.45, 2.75) is 38.6 Å². The summed E-state index contributed by atoms with van der Waals surface area (Å²) in [6, 6.07) is 8.46. The van der Waals surface area contributed by atoms with Crippen molar-refractivity contribution in [3.63, 3.8) is 0 Å². The Balaban J connectivity index is 2.11. The van der Waals surface area contributed by atoms with E-state index in [0.717, 1.165) is 28.6 Å². The summed E-state index contributed by atoms with van der Waals surface area (Å²) in [4.78, 5) is 4.80. The van der Waals surface area contributed by atoms with Gasteiger partial charge in [0.15, 0.2) is 0 Å². The van der Waals surface area contributed by atoms with Crippen LogP contribution in [-0.4, -0.2) is 16.7 Å². The van der Waals surface area contributed by atoms with Crippen LogP contribution in [0.5, 0.6) is 5.75 Å². The standard InChI is InChI=1S/C16H21N3O/c1-10(2)16-18-14(15(17)19(16)12-7-8-12)11-5-4-6-13(9-11)20-3/h4-6,9-10,12H,7-8,17H2,1-3H3. The quantitative estimate of drug-likeness (QED) is 0.924. The molecule has 1 fully saturated rings. The Morgan fingerprint density at radius 3 is 2.70 bits per heavy atom. The molecule has 0 unspecified atom stereocenters. The maximum absolute atomic E-state index is 6.37. The van der Waals surface area contributed by atoms with Crippen LogP contribution in [0.2, 0.25) is 0 Å². The number of ether oxygens (including phenoxy) is 1. The Morgan fingerprint density at radius 2 is 2.10 bits per heavy atom. The van der Waals surface area contributed by atoms with Crippen molar-refractivity contribution >= 4 is 5.82 Å². The molecule has 1 heterocycles. The van der Waals surface area contributed by atoms with Crippen molar-refractivity contribution in [3.8, 4) is 17.0 Å². The first-order valence-electron chi connectivity index (χ1n) is 7.13. The van der Waals surface area contributed by atoms with Crippen LogP contribution in [0.25, 0.3) is 11.3 Å². The van der Waals surface area contributed by atoms with Crippen molar-refractivity contribution < 1.29 is 4.74 Å². The number of hydrogen-bond acceptors (Lipinski definition) is 3. The molecule has 1 aromatic carbocycles. The summed E-state index contributed by atoms with van der Waals surface area (Å²) in [5.74, 6) is 3.07. The fourth-order valence-electron chi connectivity index (χ4n) is 2.57. The van der Waals surface area contributed by atoms with Gasteiger partial charge in [-0.3, -0.25) is 0 Å². The molecule has 0 amide bonds. The van der Waals surface area contributed by atoms with Gasteiger partial charge in [0.1, 0.15) is 23.1 Å². The minimum atomic E-state index is 0.372. The van der Waals surface area contributed by atoms with Crippen molar-refractivity contribution in [1.29, 1.82) is 0 Å². The van der Waals surface area contributed by atoms with Crippen molar-refractivity contribution in [3.05, 3.63) is 30.1 Å². The lowest BCUT2D eigenvalue weighted by molar-refractivity contribution is 0.415. The number of nitrogen functional groups attached to an aromatic ring is 1. The van der Waals surface area contributed by atoms with Crippen LogP contribution in [0.15, 0.2) is 24.3 Å². The smallest absolute Gasteiger partial charge is 0.132 e. The van der Waals surface area contributed by atoms with Gasteiger partial charge < -0.3 is 15.0 Å². The number of rotatable bonds is 4. The molecule has 0 radical (unpaired) electrons. The maximum atomic E-state index is 6.37. The summed E-state index contributed by atoms with van der Waals surface area (Å²) in [6.07, 6.45) is 2.41. The first-order chi connectivity index (χ1) is 9.61. The Morgan fingerprint density at radius 1 is 1.35 bits per heavy atom. The molecule has 4 nitrogen and oxygen atoms in total. The molecular formula is C16H21N3O. The first kappa shape index (κ1) is 13.0. The highest BCUT2D eigenvalue weighted by Gasteiger charge is 2.30. The number of benzene rings is 1. The maximum Gasteiger partial charge on any atom is 0.132 e. The van der Waals surface area contributed by atoms with E-state index < -0.39 is 0 Å². The summed E-state index contributed by atoms with van der Waals surface area (Å²) in [5.41, 5.74) is 8.26. The number of nitrogens with zero attached hydrogens (tertiary/aromatic N) is 2. The number of aromatic nitrogens is 2. The fraction of sp³-hybridized carbons (Fsp3) is 0.438. The molecule has 2 aromatic rings. The largest absolute Gasteiger partial charge is 0.497 e. The minimum absolute atomic E-state index is 0.372. The van der Waals surface area contributed by atoms with Crippen LogP contribution >= 0.6 is 0 Å². The molecule has 1 saturated carbocycles. The van der Waals surface area contributed by atoms with E-state index in [1.165, 1.54) is 12.8 Å². The number of nitrogens with two attached hydrogens (primary N) is 1. The molecule has 0 bridgehead atoms. The van der Waals surface area contributed by atoms with Gasteiger partial charge in [-0.15, -0.1) is 0 Å². The summed E-state index contributed by atoms with van der Waals surface area (Å²) in [6.45, 7) is 4.33. The second-order valence-electron chi connectivity index (χ2n) is 5.69.